The van der Waals surface area contributed by atoms with Gasteiger partial charge in [0.1, 0.15) is 17.0 Å². The van der Waals surface area contributed by atoms with Gasteiger partial charge in [-0.2, -0.15) is 9.47 Å². The van der Waals surface area contributed by atoms with E-state index in [0.717, 1.165) is 24.2 Å². The summed E-state index contributed by atoms with van der Waals surface area (Å²) in [6, 6.07) is 3.86. The number of sulfone groups is 1. The highest BCUT2D eigenvalue weighted by molar-refractivity contribution is 14.2. The average Bonchev–Trinajstić information content (AvgIpc) is 3.41. The van der Waals surface area contributed by atoms with E-state index in [4.69, 9.17) is 9.72 Å². The number of halogens is 1. The molecule has 0 bridgehead atoms. The van der Waals surface area contributed by atoms with Crippen molar-refractivity contribution in [1.29, 1.82) is 0 Å². The second-order valence-electron chi connectivity index (χ2n) is 7.72. The summed E-state index contributed by atoms with van der Waals surface area (Å²) < 4.78 is 39.4. The van der Waals surface area contributed by atoms with Crippen LogP contribution in [-0.4, -0.2) is 58.4 Å². The van der Waals surface area contributed by atoms with Crippen molar-refractivity contribution in [2.24, 2.45) is 0 Å². The highest BCUT2D eigenvalue weighted by atomic mass is 127. The second kappa shape index (κ2) is 7.91. The van der Waals surface area contributed by atoms with Crippen LogP contribution >= 0.6 is 39.9 Å². The summed E-state index contributed by atoms with van der Waals surface area (Å²) in [7, 11) is -3.40. The molecule has 12 heteroatoms. The highest BCUT2D eigenvalue weighted by Crippen LogP contribution is 2.42. The number of aryl methyl sites for hydroxylation is 1. The van der Waals surface area contributed by atoms with E-state index < -0.39 is 9.84 Å². The minimum atomic E-state index is -3.40. The van der Waals surface area contributed by atoms with E-state index in [9.17, 15) is 8.42 Å². The molecule has 0 radical (unpaired) electrons. The van der Waals surface area contributed by atoms with Crippen molar-refractivity contribution in [2.75, 3.05) is 24.7 Å². The molecule has 8 nitrogen and oxygen atoms in total. The van der Waals surface area contributed by atoms with E-state index in [-0.39, 0.29) is 11.3 Å². The Kier molecular flexibility index (Phi) is 5.54. The molecular formula is C18H21IN5O3PS2. The molecule has 160 valence electrons. The number of hydrogen-bond donors (Lipinski definition) is 0. The van der Waals surface area contributed by atoms with Crippen LogP contribution in [0.15, 0.2) is 17.0 Å². The van der Waals surface area contributed by atoms with E-state index >= 15 is 0 Å². The Labute approximate surface area is 193 Å². The highest BCUT2D eigenvalue weighted by Gasteiger charge is 2.39. The molecule has 1 unspecified atom stereocenters. The molecule has 1 saturated heterocycles. The van der Waals surface area contributed by atoms with Crippen molar-refractivity contribution >= 4 is 65.8 Å². The lowest BCUT2D eigenvalue weighted by molar-refractivity contribution is 0.0985. The predicted octanol–water partition coefficient (Wildman–Crippen LogP) is 3.82. The largest absolute Gasteiger partial charge is 0.377 e. The Morgan fingerprint density at radius 1 is 1.33 bits per heavy atom. The maximum atomic E-state index is 13.3. The molecule has 3 aromatic rings. The van der Waals surface area contributed by atoms with Gasteiger partial charge in [-0.25, -0.2) is 17.9 Å². The number of ether oxygens (including phenoxy) is 1. The SMILES string of the molecule is Cc1cc(-c2nsc3c(S(=O)(=O)C4CC4)cc(N4CCOC[C@H]4C)nc23)n(PI)n1. The molecule has 1 aliphatic heterocycles. The summed E-state index contributed by atoms with van der Waals surface area (Å²) in [6.07, 6.45) is 1.87. The van der Waals surface area contributed by atoms with Gasteiger partial charge in [0.25, 0.3) is 0 Å². The maximum Gasteiger partial charge on any atom is 0.182 e. The number of rotatable bonds is 5. The van der Waals surface area contributed by atoms with Gasteiger partial charge in [0.2, 0.25) is 0 Å². The lowest BCUT2D eigenvalue weighted by Gasteiger charge is -2.34. The normalized spacial score (nSPS) is 20.6. The van der Waals surface area contributed by atoms with Crippen LogP contribution in [0, 0.1) is 6.92 Å². The third-order valence-electron chi connectivity index (χ3n) is 5.46. The quantitative estimate of drug-likeness (QED) is 0.337. The summed E-state index contributed by atoms with van der Waals surface area (Å²) in [6.45, 7) is 5.90. The summed E-state index contributed by atoms with van der Waals surface area (Å²) in [5.41, 5.74) is 3.13. The predicted molar refractivity (Wildman–Crippen MR) is 129 cm³/mol. The Morgan fingerprint density at radius 2 is 2.13 bits per heavy atom. The minimum Gasteiger partial charge on any atom is -0.377 e. The van der Waals surface area contributed by atoms with Gasteiger partial charge < -0.3 is 9.64 Å². The minimum absolute atomic E-state index is 0.124. The zero-order valence-electron chi connectivity index (χ0n) is 16.5. The van der Waals surface area contributed by atoms with Gasteiger partial charge in [-0.1, -0.05) is 0 Å². The van der Waals surface area contributed by atoms with Crippen LogP contribution in [0.2, 0.25) is 0 Å². The molecule has 0 aromatic carbocycles. The van der Waals surface area contributed by atoms with Gasteiger partial charge in [0.15, 0.2) is 9.84 Å². The van der Waals surface area contributed by atoms with E-state index in [2.05, 4.69) is 43.3 Å². The van der Waals surface area contributed by atoms with Crippen molar-refractivity contribution in [1.82, 2.24) is 18.9 Å². The number of morpholine rings is 1. The number of pyridine rings is 1. The zero-order valence-corrected chi connectivity index (χ0v) is 21.3. The average molecular weight is 577 g/mol. The van der Waals surface area contributed by atoms with E-state index in [0.29, 0.717) is 52.8 Å². The third-order valence-corrected chi connectivity index (χ3v) is 10.6. The molecule has 0 N–H and O–H groups in total. The van der Waals surface area contributed by atoms with Crippen LogP contribution in [0.4, 0.5) is 5.82 Å². The van der Waals surface area contributed by atoms with Crippen LogP contribution in [-0.2, 0) is 14.6 Å². The van der Waals surface area contributed by atoms with E-state index in [1.165, 1.54) is 11.5 Å². The summed E-state index contributed by atoms with van der Waals surface area (Å²) in [5.74, 6) is 0.679. The molecule has 3 aromatic heterocycles. The van der Waals surface area contributed by atoms with Crippen molar-refractivity contribution in [2.45, 2.75) is 42.9 Å². The molecular weight excluding hydrogens is 556 g/mol. The number of fused-ring (bicyclic) bond motifs is 1. The van der Waals surface area contributed by atoms with E-state index in [1.807, 2.05) is 17.4 Å². The van der Waals surface area contributed by atoms with Gasteiger partial charge in [-0.3, -0.25) is 0 Å². The number of aromatic nitrogens is 4. The molecule has 30 heavy (non-hydrogen) atoms. The molecule has 2 atom stereocenters. The van der Waals surface area contributed by atoms with Crippen LogP contribution in [0.25, 0.3) is 21.6 Å². The topological polar surface area (TPSA) is 90.2 Å². The third kappa shape index (κ3) is 3.56. The van der Waals surface area contributed by atoms with Gasteiger partial charge in [-0.05, 0) is 66.3 Å². The molecule has 1 saturated carbocycles. The van der Waals surface area contributed by atoms with Crippen LogP contribution in [0.3, 0.4) is 0 Å². The van der Waals surface area contributed by atoms with Crippen molar-refractivity contribution in [3.8, 4) is 11.4 Å². The number of hydrogen-bond acceptors (Lipinski definition) is 8. The first-order valence-corrected chi connectivity index (χ1v) is 16.1. The Hall–Kier alpha value is -0.880. The molecule has 2 aliphatic rings. The molecule has 5 rings (SSSR count). The molecule has 4 heterocycles. The van der Waals surface area contributed by atoms with Gasteiger partial charge in [-0.15, -0.1) is 0 Å². The number of nitrogens with zero attached hydrogens (tertiary/aromatic N) is 5. The standard InChI is InChI=1S/C18H21IN5O3PS2/c1-10-7-13(24(21-10)28-19)16-17-18(29-22-16)14(30(25,26)12-3-4-12)8-15(20-17)23-5-6-27-9-11(23)2/h7-8,11-12,28H,3-6,9H2,1-2H3/t11-/m1/s1. The van der Waals surface area contributed by atoms with Crippen LogP contribution < -0.4 is 4.90 Å². The Morgan fingerprint density at radius 3 is 2.83 bits per heavy atom. The summed E-state index contributed by atoms with van der Waals surface area (Å²) >= 11 is 3.50. The van der Waals surface area contributed by atoms with Crippen molar-refractivity contribution in [3.05, 3.63) is 17.8 Å². The lowest BCUT2D eigenvalue weighted by Crippen LogP contribution is -2.44. The summed E-state index contributed by atoms with van der Waals surface area (Å²) in [5, 5.41) is 4.25. The fourth-order valence-corrected chi connectivity index (χ4v) is 8.27. The van der Waals surface area contributed by atoms with E-state index in [1.54, 1.807) is 6.07 Å². The molecule has 0 amide bonds. The maximum absolute atomic E-state index is 13.3. The van der Waals surface area contributed by atoms with Gasteiger partial charge in [0.05, 0.1) is 51.9 Å². The monoisotopic (exact) mass is 577 g/mol. The molecule has 2 fully saturated rings. The lowest BCUT2D eigenvalue weighted by atomic mass is 10.2. The Bertz CT molecular complexity index is 1220. The molecule has 1 aliphatic carbocycles. The second-order valence-corrected chi connectivity index (χ2v) is 12.7. The van der Waals surface area contributed by atoms with Crippen LogP contribution in [0.5, 0.6) is 0 Å². The first kappa shape index (κ1) is 21.0. The zero-order chi connectivity index (χ0) is 21.0. The first-order chi connectivity index (χ1) is 14.4. The molecule has 0 spiro atoms. The number of anilines is 1. The van der Waals surface area contributed by atoms with Crippen LogP contribution in [0.1, 0.15) is 25.5 Å². The smallest absolute Gasteiger partial charge is 0.182 e. The van der Waals surface area contributed by atoms with Gasteiger partial charge >= 0.3 is 0 Å². The Balaban J connectivity index is 1.75. The first-order valence-electron chi connectivity index (χ1n) is 9.72. The van der Waals surface area contributed by atoms with Crippen molar-refractivity contribution < 1.29 is 13.2 Å². The fraction of sp³-hybridized carbons (Fsp3) is 0.500. The summed E-state index contributed by atoms with van der Waals surface area (Å²) in [4.78, 5) is 7.44. The van der Waals surface area contributed by atoms with Crippen molar-refractivity contribution in [3.63, 3.8) is 0 Å². The fourth-order valence-electron chi connectivity index (χ4n) is 3.76. The van der Waals surface area contributed by atoms with Gasteiger partial charge in [0, 0.05) is 12.6 Å².